The van der Waals surface area contributed by atoms with Crippen LogP contribution < -0.4 is 10.1 Å². The fourth-order valence-electron chi connectivity index (χ4n) is 2.98. The number of benzene rings is 2. The fraction of sp³-hybridized carbons (Fsp3) is 0.429. The summed E-state index contributed by atoms with van der Waals surface area (Å²) in [5.41, 5.74) is 3.94. The van der Waals surface area contributed by atoms with Crippen molar-refractivity contribution in [1.29, 1.82) is 0 Å². The van der Waals surface area contributed by atoms with Gasteiger partial charge < -0.3 is 10.1 Å². The lowest BCUT2D eigenvalue weighted by Gasteiger charge is -2.27. The van der Waals surface area contributed by atoms with E-state index in [4.69, 9.17) is 4.74 Å². The predicted molar refractivity (Wildman–Crippen MR) is 99.5 cm³/mol. The standard InChI is InChI=1S/C21H28N2O/c1-17(2)20-7-9-21(10-8-20)24-16-19-5-3-18(4-6-19)15-23-13-11-22-12-14-23/h3-10,17,22H,11-16H2,1-2H3. The molecule has 3 heteroatoms. The topological polar surface area (TPSA) is 24.5 Å². The van der Waals surface area contributed by atoms with Crippen molar-refractivity contribution in [3.8, 4) is 5.75 Å². The Morgan fingerprint density at radius 1 is 0.917 bits per heavy atom. The van der Waals surface area contributed by atoms with Gasteiger partial charge in [0.1, 0.15) is 12.4 Å². The molecule has 0 radical (unpaired) electrons. The minimum Gasteiger partial charge on any atom is -0.489 e. The SMILES string of the molecule is CC(C)c1ccc(OCc2ccc(CN3CCNCC3)cc2)cc1. The van der Waals surface area contributed by atoms with E-state index in [-0.39, 0.29) is 0 Å². The summed E-state index contributed by atoms with van der Waals surface area (Å²) in [6.45, 7) is 10.5. The summed E-state index contributed by atoms with van der Waals surface area (Å²) in [6, 6.07) is 17.2. The number of nitrogens with one attached hydrogen (secondary N) is 1. The highest BCUT2D eigenvalue weighted by Gasteiger charge is 2.09. The van der Waals surface area contributed by atoms with E-state index in [1.165, 1.54) is 16.7 Å². The van der Waals surface area contributed by atoms with Crippen LogP contribution in [0, 0.1) is 0 Å². The molecule has 128 valence electrons. The third-order valence-electron chi connectivity index (χ3n) is 4.59. The molecule has 0 spiro atoms. The third-order valence-corrected chi connectivity index (χ3v) is 4.59. The summed E-state index contributed by atoms with van der Waals surface area (Å²) in [5, 5.41) is 3.39. The van der Waals surface area contributed by atoms with E-state index < -0.39 is 0 Å². The monoisotopic (exact) mass is 324 g/mol. The molecule has 1 aliphatic heterocycles. The molecule has 1 fully saturated rings. The molecule has 1 aliphatic rings. The van der Waals surface area contributed by atoms with Crippen LogP contribution in [0.1, 0.15) is 36.5 Å². The Balaban J connectivity index is 1.50. The molecule has 3 rings (SSSR count). The lowest BCUT2D eigenvalue weighted by atomic mass is 10.0. The highest BCUT2D eigenvalue weighted by Crippen LogP contribution is 2.19. The Morgan fingerprint density at radius 2 is 1.54 bits per heavy atom. The normalized spacial score (nSPS) is 15.6. The molecule has 0 aliphatic carbocycles. The van der Waals surface area contributed by atoms with E-state index in [1.54, 1.807) is 0 Å². The van der Waals surface area contributed by atoms with Gasteiger partial charge in [0, 0.05) is 32.7 Å². The van der Waals surface area contributed by atoms with Gasteiger partial charge in [-0.1, -0.05) is 50.2 Å². The van der Waals surface area contributed by atoms with Crippen molar-refractivity contribution in [3.05, 3.63) is 65.2 Å². The summed E-state index contributed by atoms with van der Waals surface area (Å²) in [5.74, 6) is 1.49. The van der Waals surface area contributed by atoms with E-state index in [0.717, 1.165) is 38.5 Å². The molecule has 0 atom stereocenters. The molecule has 0 unspecified atom stereocenters. The van der Waals surface area contributed by atoms with Crippen LogP contribution in [0.15, 0.2) is 48.5 Å². The quantitative estimate of drug-likeness (QED) is 0.875. The second kappa shape index (κ2) is 8.32. The van der Waals surface area contributed by atoms with Crippen molar-refractivity contribution in [2.45, 2.75) is 32.9 Å². The van der Waals surface area contributed by atoms with Crippen LogP contribution in [-0.2, 0) is 13.2 Å². The van der Waals surface area contributed by atoms with Crippen molar-refractivity contribution in [2.24, 2.45) is 0 Å². The van der Waals surface area contributed by atoms with Gasteiger partial charge >= 0.3 is 0 Å². The molecule has 24 heavy (non-hydrogen) atoms. The summed E-state index contributed by atoms with van der Waals surface area (Å²) < 4.78 is 5.90. The molecule has 0 aromatic heterocycles. The van der Waals surface area contributed by atoms with E-state index in [2.05, 4.69) is 72.6 Å². The first-order valence-corrected chi connectivity index (χ1v) is 8.94. The zero-order valence-electron chi connectivity index (χ0n) is 14.8. The van der Waals surface area contributed by atoms with Gasteiger partial charge in [0.2, 0.25) is 0 Å². The average molecular weight is 324 g/mol. The third kappa shape index (κ3) is 4.83. The van der Waals surface area contributed by atoms with Gasteiger partial charge in [0.25, 0.3) is 0 Å². The molecule has 0 amide bonds. The van der Waals surface area contributed by atoms with Gasteiger partial charge in [-0.25, -0.2) is 0 Å². The first kappa shape index (κ1) is 17.0. The predicted octanol–water partition coefficient (Wildman–Crippen LogP) is 3.79. The minimum atomic E-state index is 0.558. The maximum atomic E-state index is 5.90. The van der Waals surface area contributed by atoms with Crippen LogP contribution in [0.4, 0.5) is 0 Å². The Morgan fingerprint density at radius 3 is 2.17 bits per heavy atom. The molecule has 1 heterocycles. The van der Waals surface area contributed by atoms with Crippen LogP contribution in [0.3, 0.4) is 0 Å². The fourth-order valence-corrected chi connectivity index (χ4v) is 2.98. The van der Waals surface area contributed by atoms with Crippen molar-refractivity contribution in [3.63, 3.8) is 0 Å². The molecule has 1 N–H and O–H groups in total. The van der Waals surface area contributed by atoms with Crippen LogP contribution in [0.25, 0.3) is 0 Å². The van der Waals surface area contributed by atoms with Crippen LogP contribution in [-0.4, -0.2) is 31.1 Å². The molecule has 2 aromatic carbocycles. The molecule has 0 bridgehead atoms. The molecule has 1 saturated heterocycles. The van der Waals surface area contributed by atoms with Crippen molar-refractivity contribution in [2.75, 3.05) is 26.2 Å². The first-order chi connectivity index (χ1) is 11.7. The van der Waals surface area contributed by atoms with Gasteiger partial charge in [-0.2, -0.15) is 0 Å². The lowest BCUT2D eigenvalue weighted by molar-refractivity contribution is 0.233. The van der Waals surface area contributed by atoms with Crippen LogP contribution in [0.2, 0.25) is 0 Å². The van der Waals surface area contributed by atoms with Crippen LogP contribution >= 0.6 is 0 Å². The average Bonchev–Trinajstić information content (AvgIpc) is 2.62. The second-order valence-corrected chi connectivity index (χ2v) is 6.86. The number of piperazine rings is 1. The van der Waals surface area contributed by atoms with E-state index >= 15 is 0 Å². The molecular formula is C21H28N2O. The van der Waals surface area contributed by atoms with Crippen molar-refractivity contribution >= 4 is 0 Å². The maximum absolute atomic E-state index is 5.90. The van der Waals surface area contributed by atoms with Crippen molar-refractivity contribution in [1.82, 2.24) is 10.2 Å². The largest absolute Gasteiger partial charge is 0.489 e. The molecular weight excluding hydrogens is 296 g/mol. The second-order valence-electron chi connectivity index (χ2n) is 6.86. The van der Waals surface area contributed by atoms with Gasteiger partial charge in [0.15, 0.2) is 0 Å². The van der Waals surface area contributed by atoms with Gasteiger partial charge in [0.05, 0.1) is 0 Å². The Bertz CT molecular complexity index is 613. The number of nitrogens with zero attached hydrogens (tertiary/aromatic N) is 1. The summed E-state index contributed by atoms with van der Waals surface area (Å²) in [6.07, 6.45) is 0. The lowest BCUT2D eigenvalue weighted by Crippen LogP contribution is -2.42. The number of hydrogen-bond donors (Lipinski definition) is 1. The number of ether oxygens (including phenoxy) is 1. The first-order valence-electron chi connectivity index (χ1n) is 8.94. The van der Waals surface area contributed by atoms with E-state index in [9.17, 15) is 0 Å². The smallest absolute Gasteiger partial charge is 0.119 e. The Labute approximate surface area is 145 Å². The summed E-state index contributed by atoms with van der Waals surface area (Å²) in [4.78, 5) is 2.50. The maximum Gasteiger partial charge on any atom is 0.119 e. The van der Waals surface area contributed by atoms with E-state index in [0.29, 0.717) is 12.5 Å². The van der Waals surface area contributed by atoms with Crippen molar-refractivity contribution < 1.29 is 4.74 Å². The number of hydrogen-bond acceptors (Lipinski definition) is 3. The van der Waals surface area contributed by atoms with Crippen LogP contribution in [0.5, 0.6) is 5.75 Å². The molecule has 0 saturated carbocycles. The molecule has 2 aromatic rings. The zero-order chi connectivity index (χ0) is 16.8. The summed E-state index contributed by atoms with van der Waals surface area (Å²) in [7, 11) is 0. The molecule has 3 nitrogen and oxygen atoms in total. The minimum absolute atomic E-state index is 0.558. The summed E-state index contributed by atoms with van der Waals surface area (Å²) >= 11 is 0. The van der Waals surface area contributed by atoms with Gasteiger partial charge in [-0.15, -0.1) is 0 Å². The highest BCUT2D eigenvalue weighted by atomic mass is 16.5. The van der Waals surface area contributed by atoms with Gasteiger partial charge in [-0.05, 0) is 34.7 Å². The van der Waals surface area contributed by atoms with Gasteiger partial charge in [-0.3, -0.25) is 4.90 Å². The highest BCUT2D eigenvalue weighted by molar-refractivity contribution is 5.29. The zero-order valence-corrected chi connectivity index (χ0v) is 14.8. The Hall–Kier alpha value is -1.84. The Kier molecular flexibility index (Phi) is 5.89. The van der Waals surface area contributed by atoms with E-state index in [1.807, 2.05) is 0 Å². The number of rotatable bonds is 6.